The number of rotatable bonds is 4. The number of hydrogen-bond acceptors (Lipinski definition) is 7. The topological polar surface area (TPSA) is 105 Å². The Bertz CT molecular complexity index is 1390. The Kier molecular flexibility index (Phi) is 5.85. The number of phenols is 1. The number of hydrogen-bond donors (Lipinski definition) is 2. The zero-order valence-electron chi connectivity index (χ0n) is 20.4. The number of carbonyl (C=O) groups excluding carboxylic acids is 1. The minimum atomic E-state index is -0.834. The number of phenolic OH excluding ortho intramolecular Hbond substituents is 1. The van der Waals surface area contributed by atoms with Gasteiger partial charge >= 0.3 is 0 Å². The van der Waals surface area contributed by atoms with Crippen LogP contribution in [0, 0.1) is 24.1 Å². The number of fused-ring (bicyclic) bond motifs is 2. The molecule has 36 heavy (non-hydrogen) atoms. The van der Waals surface area contributed by atoms with Crippen LogP contribution in [0.1, 0.15) is 47.6 Å². The maximum Gasteiger partial charge on any atom is 0.240 e. The van der Waals surface area contributed by atoms with Crippen LogP contribution >= 0.6 is 0 Å². The van der Waals surface area contributed by atoms with E-state index in [9.17, 15) is 19.6 Å². The number of anilines is 2. The maximum absolute atomic E-state index is 14.9. The third kappa shape index (κ3) is 3.84. The van der Waals surface area contributed by atoms with E-state index in [-0.39, 0.29) is 23.8 Å². The molecule has 8 nitrogen and oxygen atoms in total. The smallest absolute Gasteiger partial charge is 0.240 e. The molecule has 2 atom stereocenters. The van der Waals surface area contributed by atoms with Gasteiger partial charge in [-0.2, -0.15) is 5.26 Å². The second-order valence-corrected chi connectivity index (χ2v) is 9.61. The molecule has 1 fully saturated rings. The zero-order valence-corrected chi connectivity index (χ0v) is 20.4. The van der Waals surface area contributed by atoms with Gasteiger partial charge in [0.05, 0.1) is 23.8 Å². The zero-order chi connectivity index (χ0) is 25.6. The summed E-state index contributed by atoms with van der Waals surface area (Å²) in [6.45, 7) is 5.12. The number of carbonyl (C=O) groups is 1. The highest BCUT2D eigenvalue weighted by molar-refractivity contribution is 6.03. The highest BCUT2D eigenvalue weighted by Crippen LogP contribution is 2.44. The number of amides is 1. The predicted octanol–water partition coefficient (Wildman–Crippen LogP) is 3.79. The van der Waals surface area contributed by atoms with Crippen molar-refractivity contribution in [1.82, 2.24) is 14.9 Å². The number of aromatic hydroxyl groups is 1. The van der Waals surface area contributed by atoms with E-state index in [2.05, 4.69) is 15.2 Å². The number of nitriles is 1. The van der Waals surface area contributed by atoms with Crippen LogP contribution < -0.4 is 10.2 Å². The van der Waals surface area contributed by atoms with Crippen molar-refractivity contribution in [2.24, 2.45) is 0 Å². The summed E-state index contributed by atoms with van der Waals surface area (Å²) >= 11 is 0. The Labute approximate surface area is 209 Å². The Morgan fingerprint density at radius 2 is 1.97 bits per heavy atom. The fraction of sp³-hybridized carbons (Fsp3) is 0.333. The molecule has 9 heteroatoms. The standard InChI is InChI=1S/C27H27FN6O2/c1-16(21-6-4-5-18(13-29)23(21)28)30-25-22-14-34(19-7-9-20(35)10-8-19)26(36)27(11-12-33(3)15-27)24(22)31-17(2)32-25/h4-10,16,35H,11-12,14-15H2,1-3H3,(H,30,31,32)/t16-,27?/m1/s1. The fourth-order valence-corrected chi connectivity index (χ4v) is 5.31. The van der Waals surface area contributed by atoms with Crippen LogP contribution in [0.25, 0.3) is 0 Å². The Morgan fingerprint density at radius 1 is 1.22 bits per heavy atom. The fourth-order valence-electron chi connectivity index (χ4n) is 5.31. The van der Waals surface area contributed by atoms with Crippen LogP contribution in [0.3, 0.4) is 0 Å². The van der Waals surface area contributed by atoms with Gasteiger partial charge in [-0.15, -0.1) is 0 Å². The van der Waals surface area contributed by atoms with Crippen LogP contribution in [0.15, 0.2) is 42.5 Å². The average Bonchev–Trinajstić information content (AvgIpc) is 3.25. The van der Waals surface area contributed by atoms with Gasteiger partial charge in [0.15, 0.2) is 0 Å². The molecule has 0 bridgehead atoms. The molecule has 1 amide bonds. The number of likely N-dealkylation sites (N-methyl/N-ethyl adjacent to an activating group) is 1. The van der Waals surface area contributed by atoms with Gasteiger partial charge in [0, 0.05) is 23.4 Å². The van der Waals surface area contributed by atoms with Crippen LogP contribution in [0.5, 0.6) is 5.75 Å². The van der Waals surface area contributed by atoms with Gasteiger partial charge in [0.25, 0.3) is 0 Å². The largest absolute Gasteiger partial charge is 0.508 e. The van der Waals surface area contributed by atoms with Crippen molar-refractivity contribution in [2.75, 3.05) is 30.4 Å². The molecule has 0 radical (unpaired) electrons. The number of benzene rings is 2. The molecule has 5 rings (SSSR count). The average molecular weight is 487 g/mol. The second kappa shape index (κ2) is 8.88. The first kappa shape index (κ1) is 23.7. The molecule has 1 unspecified atom stereocenters. The van der Waals surface area contributed by atoms with Crippen molar-refractivity contribution >= 4 is 17.4 Å². The minimum Gasteiger partial charge on any atom is -0.508 e. The van der Waals surface area contributed by atoms with Crippen LogP contribution in [0.2, 0.25) is 0 Å². The first-order valence-electron chi connectivity index (χ1n) is 11.9. The lowest BCUT2D eigenvalue weighted by molar-refractivity contribution is -0.124. The van der Waals surface area contributed by atoms with Gasteiger partial charge in [-0.05, 0) is 64.2 Å². The van der Waals surface area contributed by atoms with E-state index in [4.69, 9.17) is 4.98 Å². The van der Waals surface area contributed by atoms with Gasteiger partial charge in [-0.3, -0.25) is 4.79 Å². The first-order valence-corrected chi connectivity index (χ1v) is 11.9. The molecule has 2 aromatic carbocycles. The number of nitrogens with zero attached hydrogens (tertiary/aromatic N) is 5. The monoisotopic (exact) mass is 486 g/mol. The molecule has 0 saturated carbocycles. The van der Waals surface area contributed by atoms with E-state index in [1.54, 1.807) is 48.2 Å². The lowest BCUT2D eigenvalue weighted by atomic mass is 9.76. The number of likely N-dealkylation sites (tertiary alicyclic amines) is 1. The molecule has 3 aromatic rings. The summed E-state index contributed by atoms with van der Waals surface area (Å²) in [5.41, 5.74) is 1.67. The Hall–Kier alpha value is -4.03. The van der Waals surface area contributed by atoms with E-state index in [1.165, 1.54) is 6.07 Å². The van der Waals surface area contributed by atoms with Gasteiger partial charge in [-0.25, -0.2) is 14.4 Å². The number of aromatic nitrogens is 2. The molecule has 184 valence electrons. The van der Waals surface area contributed by atoms with Crippen LogP contribution in [-0.4, -0.2) is 46.0 Å². The summed E-state index contributed by atoms with van der Waals surface area (Å²) in [5.74, 6) is 0.589. The molecule has 1 saturated heterocycles. The molecule has 2 aliphatic heterocycles. The van der Waals surface area contributed by atoms with E-state index >= 15 is 0 Å². The molecule has 1 spiro atoms. The Balaban J connectivity index is 1.62. The van der Waals surface area contributed by atoms with Crippen LogP contribution in [-0.2, 0) is 16.8 Å². The van der Waals surface area contributed by atoms with Crippen molar-refractivity contribution in [1.29, 1.82) is 5.26 Å². The van der Waals surface area contributed by atoms with E-state index in [0.717, 1.165) is 12.1 Å². The first-order chi connectivity index (χ1) is 17.2. The molecule has 3 heterocycles. The highest BCUT2D eigenvalue weighted by atomic mass is 19.1. The quantitative estimate of drug-likeness (QED) is 0.578. The molecule has 1 aromatic heterocycles. The molecular weight excluding hydrogens is 459 g/mol. The Morgan fingerprint density at radius 3 is 2.64 bits per heavy atom. The van der Waals surface area contributed by atoms with Crippen molar-refractivity contribution in [3.05, 3.63) is 76.5 Å². The highest BCUT2D eigenvalue weighted by Gasteiger charge is 2.53. The summed E-state index contributed by atoms with van der Waals surface area (Å²) in [5, 5.41) is 22.3. The van der Waals surface area contributed by atoms with Gasteiger partial charge in [0.1, 0.15) is 34.7 Å². The van der Waals surface area contributed by atoms with Crippen molar-refractivity contribution in [3.8, 4) is 11.8 Å². The predicted molar refractivity (Wildman–Crippen MR) is 133 cm³/mol. The maximum atomic E-state index is 14.9. The minimum absolute atomic E-state index is 0.0147. The summed E-state index contributed by atoms with van der Waals surface area (Å²) in [7, 11) is 1.99. The second-order valence-electron chi connectivity index (χ2n) is 9.61. The van der Waals surface area contributed by atoms with E-state index in [0.29, 0.717) is 41.6 Å². The third-order valence-corrected chi connectivity index (χ3v) is 7.13. The van der Waals surface area contributed by atoms with E-state index < -0.39 is 17.3 Å². The summed E-state index contributed by atoms with van der Waals surface area (Å²) < 4.78 is 14.9. The van der Waals surface area contributed by atoms with Crippen molar-refractivity contribution < 1.29 is 14.3 Å². The normalized spacial score (nSPS) is 20.3. The van der Waals surface area contributed by atoms with Gasteiger partial charge in [0.2, 0.25) is 5.91 Å². The lowest BCUT2D eigenvalue weighted by Crippen LogP contribution is -2.53. The molecule has 2 aliphatic rings. The molecular formula is C27H27FN6O2. The van der Waals surface area contributed by atoms with Gasteiger partial charge in [-0.1, -0.05) is 12.1 Å². The number of nitrogens with one attached hydrogen (secondary N) is 1. The summed E-state index contributed by atoms with van der Waals surface area (Å²) in [4.78, 5) is 27.3. The summed E-state index contributed by atoms with van der Waals surface area (Å²) in [6, 6.07) is 12.7. The molecule has 2 N–H and O–H groups in total. The van der Waals surface area contributed by atoms with Crippen molar-refractivity contribution in [3.63, 3.8) is 0 Å². The molecule has 0 aliphatic carbocycles. The van der Waals surface area contributed by atoms with E-state index in [1.807, 2.05) is 20.0 Å². The lowest BCUT2D eigenvalue weighted by Gasteiger charge is -2.41. The van der Waals surface area contributed by atoms with Crippen molar-refractivity contribution in [2.45, 2.75) is 38.3 Å². The summed E-state index contributed by atoms with van der Waals surface area (Å²) in [6.07, 6.45) is 0.619. The number of halogens is 1. The third-order valence-electron chi connectivity index (χ3n) is 7.13. The SMILES string of the molecule is Cc1nc(N[C@H](C)c2cccc(C#N)c2F)c2c(n1)C1(CCN(C)C1)C(=O)N(c1ccc(O)cc1)C2. The van der Waals surface area contributed by atoms with Gasteiger partial charge < -0.3 is 20.2 Å². The van der Waals surface area contributed by atoms with Crippen LogP contribution in [0.4, 0.5) is 15.9 Å². The number of aryl methyl sites for hydroxylation is 1.